The molecule has 144 valence electrons. The van der Waals surface area contributed by atoms with Crippen molar-refractivity contribution >= 4 is 35.4 Å². The van der Waals surface area contributed by atoms with Crippen LogP contribution < -0.4 is 5.32 Å². The maximum Gasteiger partial charge on any atom is 0.412 e. The first-order chi connectivity index (χ1) is 12.2. The molecule has 0 radical (unpaired) electrons. The molecule has 1 heterocycles. The van der Waals surface area contributed by atoms with Gasteiger partial charge in [0.2, 0.25) is 5.91 Å². The van der Waals surface area contributed by atoms with E-state index in [1.54, 1.807) is 40.0 Å². The molecule has 0 spiro atoms. The van der Waals surface area contributed by atoms with Crippen LogP contribution >= 0.6 is 23.4 Å². The molecule has 1 fully saturated rings. The number of hydrogen-bond donors (Lipinski definition) is 1. The second kappa shape index (κ2) is 8.97. The normalized spacial score (nSPS) is 20.1. The van der Waals surface area contributed by atoms with Gasteiger partial charge in [0.1, 0.15) is 17.0 Å². The Bertz CT molecular complexity index is 633. The molecule has 1 aliphatic rings. The minimum atomic E-state index is -0.647. The molecule has 8 heteroatoms. The Hall–Kier alpha value is -1.44. The molecule has 6 nitrogen and oxygen atoms in total. The number of carbonyl (C=O) groups is 2. The van der Waals surface area contributed by atoms with Crippen molar-refractivity contribution < 1.29 is 19.1 Å². The molecule has 1 saturated heterocycles. The average molecular weight is 401 g/mol. The van der Waals surface area contributed by atoms with E-state index in [9.17, 15) is 9.59 Å². The molecule has 2 amide bonds. The number of amides is 2. The number of methoxy groups -OCH3 is 1. The largest absolute Gasteiger partial charge is 0.444 e. The molecular formula is C18H25ClN2O4S. The first kappa shape index (κ1) is 20.9. The fourth-order valence-electron chi connectivity index (χ4n) is 2.52. The Morgan fingerprint density at radius 2 is 1.96 bits per heavy atom. The lowest BCUT2D eigenvalue weighted by Gasteiger charge is -2.31. The molecule has 0 aliphatic carbocycles. The number of rotatable bonds is 5. The van der Waals surface area contributed by atoms with Gasteiger partial charge in [-0.1, -0.05) is 23.7 Å². The van der Waals surface area contributed by atoms with Crippen molar-refractivity contribution in [3.63, 3.8) is 0 Å². The van der Waals surface area contributed by atoms with Crippen LogP contribution in [0.4, 0.5) is 4.79 Å². The van der Waals surface area contributed by atoms with Crippen molar-refractivity contribution in [1.29, 1.82) is 0 Å². The number of nitrogens with zero attached hydrogens (tertiary/aromatic N) is 1. The summed E-state index contributed by atoms with van der Waals surface area (Å²) in [4.78, 5) is 26.9. The monoisotopic (exact) mass is 400 g/mol. The molecule has 1 aromatic rings. The van der Waals surface area contributed by atoms with Gasteiger partial charge in [-0.05, 0) is 38.5 Å². The summed E-state index contributed by atoms with van der Waals surface area (Å²) in [6.45, 7) is 6.22. The van der Waals surface area contributed by atoms with E-state index in [0.717, 1.165) is 5.56 Å². The van der Waals surface area contributed by atoms with Crippen molar-refractivity contribution in [2.75, 3.05) is 26.0 Å². The number of benzene rings is 1. The highest BCUT2D eigenvalue weighted by Crippen LogP contribution is 2.42. The Balaban J connectivity index is 2.23. The second-order valence-corrected chi connectivity index (χ2v) is 8.47. The summed E-state index contributed by atoms with van der Waals surface area (Å²) in [6.07, 6.45) is -0.505. The van der Waals surface area contributed by atoms with Gasteiger partial charge in [-0.15, -0.1) is 11.8 Å². The Kier molecular flexibility index (Phi) is 7.20. The van der Waals surface area contributed by atoms with Crippen LogP contribution in [-0.2, 0) is 14.3 Å². The maximum atomic E-state index is 12.8. The zero-order valence-electron chi connectivity index (χ0n) is 15.5. The summed E-state index contributed by atoms with van der Waals surface area (Å²) in [5.41, 5.74) is 0.254. The first-order valence-corrected chi connectivity index (χ1v) is 9.80. The SMILES string of the molecule is COCCNC(=O)C1CSC(c2ccc(Cl)cc2)N1C(=O)OC(C)(C)C. The molecule has 1 aliphatic heterocycles. The summed E-state index contributed by atoms with van der Waals surface area (Å²) in [5, 5.41) is 3.12. The van der Waals surface area contributed by atoms with Gasteiger partial charge in [0, 0.05) is 24.4 Å². The number of hydrogen-bond acceptors (Lipinski definition) is 5. The van der Waals surface area contributed by atoms with Gasteiger partial charge in [-0.2, -0.15) is 0 Å². The van der Waals surface area contributed by atoms with Gasteiger partial charge >= 0.3 is 6.09 Å². The number of halogens is 1. The Morgan fingerprint density at radius 3 is 2.54 bits per heavy atom. The van der Waals surface area contributed by atoms with Crippen LogP contribution in [0, 0.1) is 0 Å². The van der Waals surface area contributed by atoms with E-state index < -0.39 is 17.7 Å². The van der Waals surface area contributed by atoms with Gasteiger partial charge in [0.25, 0.3) is 0 Å². The maximum absolute atomic E-state index is 12.8. The van der Waals surface area contributed by atoms with Crippen LogP contribution in [0.3, 0.4) is 0 Å². The van der Waals surface area contributed by atoms with E-state index in [0.29, 0.717) is 23.9 Å². The van der Waals surface area contributed by atoms with Gasteiger partial charge in [-0.3, -0.25) is 9.69 Å². The predicted octanol–water partition coefficient (Wildman–Crippen LogP) is 3.45. The topological polar surface area (TPSA) is 67.9 Å². The highest BCUT2D eigenvalue weighted by Gasteiger charge is 2.44. The van der Waals surface area contributed by atoms with Crippen LogP contribution in [0.15, 0.2) is 24.3 Å². The molecule has 1 aromatic carbocycles. The van der Waals surface area contributed by atoms with Crippen LogP contribution in [0.2, 0.25) is 5.02 Å². The molecule has 2 rings (SSSR count). The van der Waals surface area contributed by atoms with E-state index >= 15 is 0 Å². The molecule has 1 N–H and O–H groups in total. The van der Waals surface area contributed by atoms with Gasteiger partial charge in [-0.25, -0.2) is 4.79 Å². The van der Waals surface area contributed by atoms with E-state index in [2.05, 4.69) is 5.32 Å². The molecule has 0 bridgehead atoms. The third-order valence-electron chi connectivity index (χ3n) is 3.67. The minimum Gasteiger partial charge on any atom is -0.444 e. The Morgan fingerprint density at radius 1 is 1.31 bits per heavy atom. The lowest BCUT2D eigenvalue weighted by molar-refractivity contribution is -0.125. The number of ether oxygens (including phenoxy) is 2. The van der Waals surface area contributed by atoms with Crippen LogP contribution in [0.5, 0.6) is 0 Å². The molecule has 2 atom stereocenters. The second-order valence-electron chi connectivity index (χ2n) is 6.92. The van der Waals surface area contributed by atoms with Crippen molar-refractivity contribution in [3.05, 3.63) is 34.9 Å². The lowest BCUT2D eigenvalue weighted by atomic mass is 10.1. The van der Waals surface area contributed by atoms with E-state index in [1.807, 2.05) is 12.1 Å². The standard InChI is InChI=1S/C18H25ClN2O4S/c1-18(2,3)25-17(23)21-14(15(22)20-9-10-24-4)11-26-16(21)12-5-7-13(19)8-6-12/h5-8,14,16H,9-11H2,1-4H3,(H,20,22). The summed E-state index contributed by atoms with van der Waals surface area (Å²) in [6, 6.07) is 6.67. The Labute approximate surface area is 163 Å². The quantitative estimate of drug-likeness (QED) is 0.766. The summed E-state index contributed by atoms with van der Waals surface area (Å²) in [7, 11) is 1.57. The smallest absolute Gasteiger partial charge is 0.412 e. The van der Waals surface area contributed by atoms with E-state index in [-0.39, 0.29) is 11.3 Å². The predicted molar refractivity (Wildman–Crippen MR) is 103 cm³/mol. The third kappa shape index (κ3) is 5.53. The van der Waals surface area contributed by atoms with Crippen molar-refractivity contribution in [2.45, 2.75) is 37.8 Å². The molecule has 2 unspecified atom stereocenters. The zero-order chi connectivity index (χ0) is 19.3. The molecular weight excluding hydrogens is 376 g/mol. The molecule has 26 heavy (non-hydrogen) atoms. The van der Waals surface area contributed by atoms with Crippen LogP contribution in [-0.4, -0.2) is 54.6 Å². The number of thioether (sulfide) groups is 1. The highest BCUT2D eigenvalue weighted by atomic mass is 35.5. The summed E-state index contributed by atoms with van der Waals surface area (Å²) >= 11 is 7.50. The fourth-order valence-corrected chi connectivity index (χ4v) is 4.07. The van der Waals surface area contributed by atoms with Gasteiger partial charge in [0.15, 0.2) is 0 Å². The van der Waals surface area contributed by atoms with E-state index in [4.69, 9.17) is 21.1 Å². The highest BCUT2D eigenvalue weighted by molar-refractivity contribution is 7.99. The summed E-state index contributed by atoms with van der Waals surface area (Å²) in [5.74, 6) is 0.280. The van der Waals surface area contributed by atoms with Crippen molar-refractivity contribution in [1.82, 2.24) is 10.2 Å². The average Bonchev–Trinajstić information content (AvgIpc) is 2.99. The molecule has 0 aromatic heterocycles. The molecule has 0 saturated carbocycles. The van der Waals surface area contributed by atoms with Gasteiger partial charge in [0.05, 0.1) is 6.61 Å². The third-order valence-corrected chi connectivity index (χ3v) is 5.24. The van der Waals surface area contributed by atoms with Crippen LogP contribution in [0.25, 0.3) is 0 Å². The van der Waals surface area contributed by atoms with Crippen molar-refractivity contribution in [2.24, 2.45) is 0 Å². The first-order valence-electron chi connectivity index (χ1n) is 8.38. The minimum absolute atomic E-state index is 0.211. The van der Waals surface area contributed by atoms with Crippen molar-refractivity contribution in [3.8, 4) is 0 Å². The zero-order valence-corrected chi connectivity index (χ0v) is 17.0. The summed E-state index contributed by atoms with van der Waals surface area (Å²) < 4.78 is 10.5. The van der Waals surface area contributed by atoms with E-state index in [1.165, 1.54) is 16.7 Å². The number of carbonyl (C=O) groups excluding carboxylic acids is 2. The van der Waals surface area contributed by atoms with Crippen LogP contribution in [0.1, 0.15) is 31.7 Å². The number of nitrogens with one attached hydrogen (secondary N) is 1. The lowest BCUT2D eigenvalue weighted by Crippen LogP contribution is -2.49. The fraction of sp³-hybridized carbons (Fsp3) is 0.556. The van der Waals surface area contributed by atoms with Gasteiger partial charge < -0.3 is 14.8 Å².